The predicted molar refractivity (Wildman–Crippen MR) is 79.7 cm³/mol. The van der Waals surface area contributed by atoms with E-state index in [1.807, 2.05) is 0 Å². The van der Waals surface area contributed by atoms with Gasteiger partial charge >= 0.3 is 6.18 Å². The van der Waals surface area contributed by atoms with Crippen molar-refractivity contribution in [2.45, 2.75) is 20.0 Å². The lowest BCUT2D eigenvalue weighted by Crippen LogP contribution is -2.13. The number of halogens is 3. The molecule has 0 aliphatic rings. The van der Waals surface area contributed by atoms with Crippen LogP contribution in [0.4, 0.5) is 18.9 Å². The molecule has 120 valence electrons. The third-order valence-electron chi connectivity index (χ3n) is 3.31. The number of anilines is 1. The number of nitrogens with one attached hydrogen (secondary N) is 1. The quantitative estimate of drug-likeness (QED) is 0.774. The van der Waals surface area contributed by atoms with Gasteiger partial charge in [0, 0.05) is 11.4 Å². The molecule has 9 heteroatoms. The van der Waals surface area contributed by atoms with Crippen LogP contribution in [-0.2, 0) is 6.18 Å². The predicted octanol–water partition coefficient (Wildman–Crippen LogP) is 3.68. The maximum atomic E-state index is 12.7. The Morgan fingerprint density at radius 1 is 1.26 bits per heavy atom. The highest BCUT2D eigenvalue weighted by molar-refractivity contribution is 7.19. The molecule has 2 heterocycles. The van der Waals surface area contributed by atoms with Crippen LogP contribution < -0.4 is 5.32 Å². The average Bonchev–Trinajstić information content (AvgIpc) is 3.00. The molecule has 1 aromatic carbocycles. The lowest BCUT2D eigenvalue weighted by atomic mass is 10.2. The van der Waals surface area contributed by atoms with Crippen LogP contribution >= 0.6 is 11.3 Å². The van der Waals surface area contributed by atoms with Crippen molar-refractivity contribution in [1.29, 1.82) is 0 Å². The molecule has 1 N–H and O–H groups in total. The number of rotatable bonds is 2. The second-order valence-electron chi connectivity index (χ2n) is 4.91. The summed E-state index contributed by atoms with van der Waals surface area (Å²) in [5, 5.41) is 10.3. The monoisotopic (exact) mass is 340 g/mol. The van der Waals surface area contributed by atoms with Crippen molar-refractivity contribution in [2.75, 3.05) is 5.32 Å². The molecule has 5 nitrogen and oxygen atoms in total. The molecule has 0 aliphatic heterocycles. The topological polar surface area (TPSA) is 59.3 Å². The van der Waals surface area contributed by atoms with E-state index in [0.717, 1.165) is 23.5 Å². The minimum atomic E-state index is -4.46. The van der Waals surface area contributed by atoms with Gasteiger partial charge in [0.2, 0.25) is 4.96 Å². The van der Waals surface area contributed by atoms with E-state index in [2.05, 4.69) is 15.5 Å². The van der Waals surface area contributed by atoms with Crippen LogP contribution in [0.25, 0.3) is 4.96 Å². The van der Waals surface area contributed by atoms with Gasteiger partial charge in [0.1, 0.15) is 10.7 Å². The summed E-state index contributed by atoms with van der Waals surface area (Å²) in [4.78, 5) is 13.3. The van der Waals surface area contributed by atoms with E-state index in [1.54, 1.807) is 18.2 Å². The number of fused-ring (bicyclic) bond motifs is 1. The van der Waals surface area contributed by atoms with Crippen LogP contribution in [0.1, 0.15) is 26.8 Å². The number of hydrogen-bond donors (Lipinski definition) is 1. The highest BCUT2D eigenvalue weighted by Gasteiger charge is 2.30. The van der Waals surface area contributed by atoms with Crippen LogP contribution in [-0.4, -0.2) is 20.5 Å². The molecule has 0 aliphatic carbocycles. The Morgan fingerprint density at radius 2 is 2.00 bits per heavy atom. The van der Waals surface area contributed by atoms with Crippen molar-refractivity contribution < 1.29 is 18.0 Å². The standard InChI is InChI=1S/C14H11F3N4OS/c1-7-11(23-13-20-19-8(2)21(7)13)12(22)18-10-5-3-4-9(6-10)14(15,16)17/h3-6H,1-2H3,(H,18,22). The van der Waals surface area contributed by atoms with E-state index in [4.69, 9.17) is 0 Å². The Balaban J connectivity index is 1.90. The summed E-state index contributed by atoms with van der Waals surface area (Å²) in [6.45, 7) is 3.50. The maximum Gasteiger partial charge on any atom is 0.416 e. The number of aryl methyl sites for hydroxylation is 2. The van der Waals surface area contributed by atoms with Crippen molar-refractivity contribution in [3.8, 4) is 0 Å². The first-order valence-corrected chi connectivity index (χ1v) is 7.39. The van der Waals surface area contributed by atoms with Crippen molar-refractivity contribution >= 4 is 27.9 Å². The summed E-state index contributed by atoms with van der Waals surface area (Å²) in [7, 11) is 0. The molecule has 0 atom stereocenters. The zero-order chi connectivity index (χ0) is 16.8. The molecule has 0 radical (unpaired) electrons. The molecule has 23 heavy (non-hydrogen) atoms. The number of benzene rings is 1. The molecule has 0 saturated heterocycles. The lowest BCUT2D eigenvalue weighted by Gasteiger charge is -2.09. The Kier molecular flexibility index (Phi) is 3.59. The van der Waals surface area contributed by atoms with Crippen molar-refractivity contribution in [2.24, 2.45) is 0 Å². The second kappa shape index (κ2) is 5.34. The molecule has 0 unspecified atom stereocenters. The molecule has 3 aromatic rings. The van der Waals surface area contributed by atoms with Gasteiger partial charge in [-0.1, -0.05) is 17.4 Å². The number of amides is 1. The fourth-order valence-electron chi connectivity index (χ4n) is 2.23. The molecule has 2 aromatic heterocycles. The first kappa shape index (κ1) is 15.5. The van der Waals surface area contributed by atoms with E-state index in [1.165, 1.54) is 12.1 Å². The number of carbonyl (C=O) groups is 1. The SMILES string of the molecule is Cc1nnc2sc(C(=O)Nc3cccc(C(F)(F)F)c3)c(C)n12. The Hall–Kier alpha value is -2.42. The van der Waals surface area contributed by atoms with Gasteiger partial charge in [0.05, 0.1) is 5.56 Å². The van der Waals surface area contributed by atoms with Crippen LogP contribution in [0.5, 0.6) is 0 Å². The van der Waals surface area contributed by atoms with Gasteiger partial charge in [-0.2, -0.15) is 13.2 Å². The van der Waals surface area contributed by atoms with Gasteiger partial charge in [-0.25, -0.2) is 0 Å². The maximum absolute atomic E-state index is 12.7. The fraction of sp³-hybridized carbons (Fsp3) is 0.214. The first-order valence-electron chi connectivity index (χ1n) is 6.57. The van der Waals surface area contributed by atoms with Crippen LogP contribution in [0.15, 0.2) is 24.3 Å². The largest absolute Gasteiger partial charge is 0.416 e. The highest BCUT2D eigenvalue weighted by Crippen LogP contribution is 2.31. The van der Waals surface area contributed by atoms with Crippen molar-refractivity contribution in [3.63, 3.8) is 0 Å². The van der Waals surface area contributed by atoms with Crippen molar-refractivity contribution in [1.82, 2.24) is 14.6 Å². The zero-order valence-electron chi connectivity index (χ0n) is 12.1. The highest BCUT2D eigenvalue weighted by atomic mass is 32.1. The number of hydrogen-bond acceptors (Lipinski definition) is 4. The fourth-order valence-corrected chi connectivity index (χ4v) is 3.24. The smallest absolute Gasteiger partial charge is 0.321 e. The summed E-state index contributed by atoms with van der Waals surface area (Å²) >= 11 is 1.14. The minimum Gasteiger partial charge on any atom is -0.321 e. The van der Waals surface area contributed by atoms with E-state index < -0.39 is 17.6 Å². The Labute approximate surface area is 132 Å². The summed E-state index contributed by atoms with van der Waals surface area (Å²) in [5.41, 5.74) is -0.0739. The average molecular weight is 340 g/mol. The number of thiazole rings is 1. The van der Waals surface area contributed by atoms with Gasteiger partial charge in [-0.15, -0.1) is 10.2 Å². The van der Waals surface area contributed by atoms with Gasteiger partial charge < -0.3 is 5.32 Å². The normalized spacial score (nSPS) is 11.9. The Bertz CT molecular complexity index is 897. The van der Waals surface area contributed by atoms with Crippen molar-refractivity contribution in [3.05, 3.63) is 46.2 Å². The number of carbonyl (C=O) groups excluding carboxylic acids is 1. The minimum absolute atomic E-state index is 0.0881. The van der Waals surface area contributed by atoms with E-state index in [9.17, 15) is 18.0 Å². The van der Waals surface area contributed by atoms with Gasteiger partial charge in [-0.3, -0.25) is 9.20 Å². The zero-order valence-corrected chi connectivity index (χ0v) is 12.9. The molecule has 1 amide bonds. The van der Waals surface area contributed by atoms with E-state index in [-0.39, 0.29) is 5.69 Å². The summed E-state index contributed by atoms with van der Waals surface area (Å²) in [5.74, 6) is 0.170. The molecule has 0 saturated carbocycles. The third kappa shape index (κ3) is 2.79. The Morgan fingerprint density at radius 3 is 2.65 bits per heavy atom. The summed E-state index contributed by atoms with van der Waals surface area (Å²) in [6, 6.07) is 4.52. The second-order valence-corrected chi connectivity index (χ2v) is 5.89. The molecule has 0 spiro atoms. The van der Waals surface area contributed by atoms with Crippen LogP contribution in [0, 0.1) is 13.8 Å². The molecule has 3 rings (SSSR count). The lowest BCUT2D eigenvalue weighted by molar-refractivity contribution is -0.137. The number of nitrogens with zero attached hydrogens (tertiary/aromatic N) is 3. The van der Waals surface area contributed by atoms with Crippen LogP contribution in [0.3, 0.4) is 0 Å². The van der Waals surface area contributed by atoms with Gasteiger partial charge in [-0.05, 0) is 32.0 Å². The molecule has 0 fully saturated rings. The summed E-state index contributed by atoms with van der Waals surface area (Å²) < 4.78 is 39.8. The van der Waals surface area contributed by atoms with E-state index >= 15 is 0 Å². The van der Waals surface area contributed by atoms with Gasteiger partial charge in [0.15, 0.2) is 0 Å². The van der Waals surface area contributed by atoms with E-state index in [0.29, 0.717) is 21.4 Å². The molecular weight excluding hydrogens is 329 g/mol. The molecular formula is C14H11F3N4OS. The first-order chi connectivity index (χ1) is 10.8. The van der Waals surface area contributed by atoms with Crippen LogP contribution in [0.2, 0.25) is 0 Å². The van der Waals surface area contributed by atoms with Gasteiger partial charge in [0.25, 0.3) is 5.91 Å². The number of alkyl halides is 3. The summed E-state index contributed by atoms with van der Waals surface area (Å²) in [6.07, 6.45) is -4.46. The molecule has 0 bridgehead atoms. The third-order valence-corrected chi connectivity index (χ3v) is 4.44. The number of aromatic nitrogens is 3.